The van der Waals surface area contributed by atoms with Crippen molar-refractivity contribution < 1.29 is 18.7 Å². The number of thioether (sulfide) groups is 1. The minimum Gasteiger partial charge on any atom is -0.497 e. The van der Waals surface area contributed by atoms with Crippen LogP contribution in [0.3, 0.4) is 0 Å². The van der Waals surface area contributed by atoms with Gasteiger partial charge in [-0.05, 0) is 61.4 Å². The second-order valence-electron chi connectivity index (χ2n) is 7.85. The Kier molecular flexibility index (Phi) is 8.64. The highest BCUT2D eigenvalue weighted by Crippen LogP contribution is 2.26. The number of ether oxygens (including phenoxy) is 1. The monoisotopic (exact) mass is 485 g/mol. The summed E-state index contributed by atoms with van der Waals surface area (Å²) in [5, 5.41) is 15.0. The molecule has 0 aliphatic rings. The van der Waals surface area contributed by atoms with Gasteiger partial charge in [-0.2, -0.15) is 0 Å². The molecule has 0 saturated carbocycles. The Morgan fingerprint density at radius 1 is 1.09 bits per heavy atom. The molecule has 2 N–H and O–H groups in total. The number of rotatable bonds is 10. The van der Waals surface area contributed by atoms with Gasteiger partial charge in [0.1, 0.15) is 11.6 Å². The predicted molar refractivity (Wildman–Crippen MR) is 129 cm³/mol. The Bertz CT molecular complexity index is 1120. The lowest BCUT2D eigenvalue weighted by Crippen LogP contribution is -2.33. The van der Waals surface area contributed by atoms with Crippen LogP contribution >= 0.6 is 11.8 Å². The lowest BCUT2D eigenvalue weighted by Gasteiger charge is -2.22. The van der Waals surface area contributed by atoms with Gasteiger partial charge in [-0.25, -0.2) is 4.39 Å². The molecule has 0 aliphatic carbocycles. The van der Waals surface area contributed by atoms with E-state index in [-0.39, 0.29) is 35.3 Å². The number of anilines is 1. The minimum absolute atomic E-state index is 0.0522. The molecular formula is C24H28FN5O3S. The molecule has 0 fully saturated rings. The second kappa shape index (κ2) is 11.6. The first-order chi connectivity index (χ1) is 16.3. The molecule has 0 unspecified atom stereocenters. The summed E-state index contributed by atoms with van der Waals surface area (Å²) in [4.78, 5) is 25.2. The summed E-state index contributed by atoms with van der Waals surface area (Å²) in [7, 11) is 1.57. The highest BCUT2D eigenvalue weighted by Gasteiger charge is 2.26. The lowest BCUT2D eigenvalue weighted by molar-refractivity contribution is -0.113. The molecule has 3 rings (SSSR count). The third-order valence-electron chi connectivity index (χ3n) is 5.11. The molecule has 2 amide bonds. The number of hydrogen-bond donors (Lipinski definition) is 2. The van der Waals surface area contributed by atoms with Crippen molar-refractivity contribution in [3.8, 4) is 5.75 Å². The van der Waals surface area contributed by atoms with E-state index >= 15 is 0 Å². The zero-order valence-corrected chi connectivity index (χ0v) is 20.4. The van der Waals surface area contributed by atoms with Crippen LogP contribution in [-0.4, -0.2) is 39.4 Å². The number of hydrogen-bond acceptors (Lipinski definition) is 6. The summed E-state index contributed by atoms with van der Waals surface area (Å²) in [6.07, 6.45) is 0. The number of carbonyl (C=O) groups excluding carboxylic acids is 2. The van der Waals surface area contributed by atoms with Gasteiger partial charge >= 0.3 is 0 Å². The van der Waals surface area contributed by atoms with Gasteiger partial charge in [0.2, 0.25) is 5.91 Å². The first-order valence-electron chi connectivity index (χ1n) is 10.9. The van der Waals surface area contributed by atoms with Gasteiger partial charge in [-0.15, -0.1) is 10.2 Å². The summed E-state index contributed by atoms with van der Waals surface area (Å²) in [5.74, 6) is 0.636. The number of methoxy groups -OCH3 is 1. The highest BCUT2D eigenvalue weighted by atomic mass is 32.2. The SMILES string of the molecule is CCn1c(SCC(=O)Nc2ccc(F)cc2)nnc1[C@@H](NC(=O)c1ccc(OC)cc1)C(C)C. The maximum Gasteiger partial charge on any atom is 0.251 e. The van der Waals surface area contributed by atoms with Crippen LogP contribution in [0.4, 0.5) is 10.1 Å². The first kappa shape index (κ1) is 25.2. The lowest BCUT2D eigenvalue weighted by atomic mass is 10.0. The fourth-order valence-corrected chi connectivity index (χ4v) is 4.10. The summed E-state index contributed by atoms with van der Waals surface area (Å²) in [6.45, 7) is 6.53. The van der Waals surface area contributed by atoms with E-state index < -0.39 is 0 Å². The van der Waals surface area contributed by atoms with Crippen molar-refractivity contribution in [2.75, 3.05) is 18.2 Å². The standard InChI is InChI=1S/C24H28FN5O3S/c1-5-30-22(21(15(2)3)27-23(32)16-6-12-19(33-4)13-7-16)28-29-24(30)34-14-20(31)26-18-10-8-17(25)9-11-18/h6-13,15,21H,5,14H2,1-4H3,(H,26,31)(H,27,32)/t21-/m0/s1. The van der Waals surface area contributed by atoms with Gasteiger partial charge in [0.05, 0.1) is 18.9 Å². The van der Waals surface area contributed by atoms with Crippen molar-refractivity contribution >= 4 is 29.3 Å². The number of carbonyl (C=O) groups is 2. The van der Waals surface area contributed by atoms with E-state index in [0.717, 1.165) is 0 Å². The minimum atomic E-state index is -0.371. The van der Waals surface area contributed by atoms with Gasteiger partial charge < -0.3 is 19.9 Å². The van der Waals surface area contributed by atoms with Crippen LogP contribution in [0.15, 0.2) is 53.7 Å². The largest absolute Gasteiger partial charge is 0.497 e. The Balaban J connectivity index is 1.69. The van der Waals surface area contributed by atoms with E-state index in [0.29, 0.717) is 34.5 Å². The number of nitrogens with zero attached hydrogens (tertiary/aromatic N) is 3. The van der Waals surface area contributed by atoms with Crippen LogP contribution in [-0.2, 0) is 11.3 Å². The van der Waals surface area contributed by atoms with Crippen molar-refractivity contribution in [2.24, 2.45) is 5.92 Å². The van der Waals surface area contributed by atoms with Crippen LogP contribution in [0, 0.1) is 11.7 Å². The van der Waals surface area contributed by atoms with Gasteiger partial charge in [-0.1, -0.05) is 25.6 Å². The summed E-state index contributed by atoms with van der Waals surface area (Å²) in [5.41, 5.74) is 1.03. The molecule has 0 bridgehead atoms. The van der Waals surface area contributed by atoms with Gasteiger partial charge in [0, 0.05) is 17.8 Å². The van der Waals surface area contributed by atoms with Crippen molar-refractivity contribution in [3.63, 3.8) is 0 Å². The molecule has 3 aromatic rings. The van der Waals surface area contributed by atoms with Crippen LogP contribution in [0.25, 0.3) is 0 Å². The number of halogens is 1. The highest BCUT2D eigenvalue weighted by molar-refractivity contribution is 7.99. The fourth-order valence-electron chi connectivity index (χ4n) is 3.29. The molecule has 180 valence electrons. The molecule has 1 atom stereocenters. The number of aromatic nitrogens is 3. The molecule has 0 saturated heterocycles. The molecule has 0 aliphatic heterocycles. The molecule has 8 nitrogen and oxygen atoms in total. The average Bonchev–Trinajstić information content (AvgIpc) is 3.24. The van der Waals surface area contributed by atoms with E-state index in [1.807, 2.05) is 25.3 Å². The molecule has 0 radical (unpaired) electrons. The number of nitrogens with one attached hydrogen (secondary N) is 2. The zero-order chi connectivity index (χ0) is 24.7. The van der Waals surface area contributed by atoms with Crippen molar-refractivity contribution in [2.45, 2.75) is 38.5 Å². The summed E-state index contributed by atoms with van der Waals surface area (Å²) >= 11 is 1.25. The maximum absolute atomic E-state index is 13.0. The smallest absolute Gasteiger partial charge is 0.251 e. The quantitative estimate of drug-likeness (QED) is 0.416. The van der Waals surface area contributed by atoms with E-state index in [9.17, 15) is 14.0 Å². The summed E-state index contributed by atoms with van der Waals surface area (Å²) in [6, 6.07) is 12.1. The Morgan fingerprint density at radius 2 is 1.76 bits per heavy atom. The van der Waals surface area contributed by atoms with Crippen molar-refractivity contribution in [3.05, 3.63) is 65.7 Å². The van der Waals surface area contributed by atoms with E-state index in [1.165, 1.54) is 36.0 Å². The van der Waals surface area contributed by atoms with Crippen molar-refractivity contribution in [1.82, 2.24) is 20.1 Å². The third kappa shape index (κ3) is 6.34. The molecule has 1 heterocycles. The molecular weight excluding hydrogens is 457 g/mol. The Morgan fingerprint density at radius 3 is 2.35 bits per heavy atom. The predicted octanol–water partition coefficient (Wildman–Crippen LogP) is 4.30. The summed E-state index contributed by atoms with van der Waals surface area (Å²) < 4.78 is 20.1. The van der Waals surface area contributed by atoms with Gasteiger partial charge in [-0.3, -0.25) is 9.59 Å². The van der Waals surface area contributed by atoms with Crippen molar-refractivity contribution in [1.29, 1.82) is 0 Å². The van der Waals surface area contributed by atoms with E-state index in [4.69, 9.17) is 4.74 Å². The van der Waals surface area contributed by atoms with Gasteiger partial charge in [0.25, 0.3) is 5.91 Å². The topological polar surface area (TPSA) is 98.1 Å². The molecule has 34 heavy (non-hydrogen) atoms. The maximum atomic E-state index is 13.0. The number of benzene rings is 2. The molecule has 0 spiro atoms. The van der Waals surface area contributed by atoms with Crippen LogP contribution < -0.4 is 15.4 Å². The molecule has 1 aromatic heterocycles. The first-order valence-corrected chi connectivity index (χ1v) is 11.9. The molecule has 2 aromatic carbocycles. The average molecular weight is 486 g/mol. The van der Waals surface area contributed by atoms with Gasteiger partial charge in [0.15, 0.2) is 11.0 Å². The Hall–Kier alpha value is -3.40. The van der Waals surface area contributed by atoms with Crippen LogP contribution in [0.5, 0.6) is 5.75 Å². The molecule has 10 heteroatoms. The fraction of sp³-hybridized carbons (Fsp3) is 0.333. The normalized spacial score (nSPS) is 11.8. The Labute approximate surface area is 202 Å². The zero-order valence-electron chi connectivity index (χ0n) is 19.5. The third-order valence-corrected chi connectivity index (χ3v) is 6.07. The van der Waals surface area contributed by atoms with Crippen LogP contribution in [0.1, 0.15) is 43.0 Å². The van der Waals surface area contributed by atoms with Crippen LogP contribution in [0.2, 0.25) is 0 Å². The number of amides is 2. The van der Waals surface area contributed by atoms with E-state index in [2.05, 4.69) is 20.8 Å². The second-order valence-corrected chi connectivity index (χ2v) is 8.79. The van der Waals surface area contributed by atoms with E-state index in [1.54, 1.807) is 31.4 Å².